The predicted molar refractivity (Wildman–Crippen MR) is 112 cm³/mol. The number of hydrogen-bond acceptors (Lipinski definition) is 4. The van der Waals surface area contributed by atoms with Gasteiger partial charge in [-0.1, -0.05) is 23.7 Å². The number of benzene rings is 1. The molecular weight excluding hydrogens is 392 g/mol. The maximum Gasteiger partial charge on any atom is 0.410 e. The normalized spacial score (nSPS) is 21.7. The molecule has 0 bridgehead atoms. The molecule has 2 saturated heterocycles. The molecule has 1 N–H and O–H groups in total. The van der Waals surface area contributed by atoms with Gasteiger partial charge in [-0.15, -0.1) is 0 Å². The van der Waals surface area contributed by atoms with Gasteiger partial charge >= 0.3 is 6.09 Å². The van der Waals surface area contributed by atoms with Crippen LogP contribution in [0.2, 0.25) is 5.02 Å². The van der Waals surface area contributed by atoms with Crippen LogP contribution in [-0.4, -0.2) is 54.8 Å². The van der Waals surface area contributed by atoms with Gasteiger partial charge in [0.25, 0.3) is 0 Å². The second-order valence-corrected chi connectivity index (χ2v) is 9.39. The van der Waals surface area contributed by atoms with E-state index in [9.17, 15) is 9.59 Å². The van der Waals surface area contributed by atoms with Crippen molar-refractivity contribution in [3.05, 3.63) is 34.9 Å². The van der Waals surface area contributed by atoms with E-state index in [2.05, 4.69) is 11.4 Å². The Kier molecular flexibility index (Phi) is 6.74. The summed E-state index contributed by atoms with van der Waals surface area (Å²) in [7, 11) is 0. The van der Waals surface area contributed by atoms with Crippen molar-refractivity contribution in [3.63, 3.8) is 0 Å². The van der Waals surface area contributed by atoms with E-state index >= 15 is 0 Å². The smallest absolute Gasteiger partial charge is 0.410 e. The van der Waals surface area contributed by atoms with E-state index in [-0.39, 0.29) is 11.3 Å². The van der Waals surface area contributed by atoms with Gasteiger partial charge in [-0.25, -0.2) is 4.79 Å². The number of nitrogens with zero attached hydrogens (tertiary/aromatic N) is 1. The van der Waals surface area contributed by atoms with Gasteiger partial charge in [-0.05, 0) is 64.2 Å². The van der Waals surface area contributed by atoms with E-state index < -0.39 is 17.7 Å². The Hall–Kier alpha value is -1.79. The third-order valence-electron chi connectivity index (χ3n) is 5.67. The minimum absolute atomic E-state index is 0.124. The number of rotatable bonds is 4. The molecule has 0 saturated carbocycles. The first-order valence-corrected chi connectivity index (χ1v) is 10.7. The molecule has 3 rings (SSSR count). The molecule has 0 spiro atoms. The van der Waals surface area contributed by atoms with Crippen LogP contribution in [0.25, 0.3) is 0 Å². The summed E-state index contributed by atoms with van der Waals surface area (Å²) in [6.07, 6.45) is 2.65. The zero-order valence-corrected chi connectivity index (χ0v) is 18.3. The van der Waals surface area contributed by atoms with Crippen LogP contribution in [0, 0.1) is 0 Å². The maximum atomic E-state index is 13.0. The summed E-state index contributed by atoms with van der Waals surface area (Å²) >= 11 is 6.22. The standard InChI is InChI=1S/C22H31ClN2O4/c1-21(2,3)29-20(27)25-11-5-8-18(25)19(26)24-15-22(9-12-28-13-10-22)16-6-4-7-17(23)14-16/h4,6-7,14,18H,5,8-13,15H2,1-3H3,(H,24,26). The Morgan fingerprint density at radius 1 is 1.31 bits per heavy atom. The van der Waals surface area contributed by atoms with Crippen molar-refractivity contribution in [1.82, 2.24) is 10.2 Å². The summed E-state index contributed by atoms with van der Waals surface area (Å²) in [5.74, 6) is -0.124. The fourth-order valence-corrected chi connectivity index (χ4v) is 4.29. The van der Waals surface area contributed by atoms with E-state index in [4.69, 9.17) is 21.1 Å². The van der Waals surface area contributed by atoms with Crippen molar-refractivity contribution in [3.8, 4) is 0 Å². The molecule has 160 valence electrons. The van der Waals surface area contributed by atoms with Crippen molar-refractivity contribution in [2.45, 2.75) is 63.5 Å². The van der Waals surface area contributed by atoms with Crippen LogP contribution in [0.1, 0.15) is 52.0 Å². The summed E-state index contributed by atoms with van der Waals surface area (Å²) in [5, 5.41) is 3.80. The van der Waals surface area contributed by atoms with Crippen molar-refractivity contribution < 1.29 is 19.1 Å². The number of carbonyl (C=O) groups excluding carboxylic acids is 2. The minimum atomic E-state index is -0.584. The highest BCUT2D eigenvalue weighted by Crippen LogP contribution is 2.35. The lowest BCUT2D eigenvalue weighted by molar-refractivity contribution is -0.126. The van der Waals surface area contributed by atoms with Gasteiger partial charge in [0.1, 0.15) is 11.6 Å². The zero-order valence-electron chi connectivity index (χ0n) is 17.5. The highest BCUT2D eigenvalue weighted by molar-refractivity contribution is 6.30. The molecule has 0 radical (unpaired) electrons. The molecule has 2 fully saturated rings. The number of ether oxygens (including phenoxy) is 2. The maximum absolute atomic E-state index is 13.0. The van der Waals surface area contributed by atoms with Crippen molar-refractivity contribution >= 4 is 23.6 Å². The number of likely N-dealkylation sites (tertiary alicyclic amines) is 1. The molecule has 2 heterocycles. The number of hydrogen-bond donors (Lipinski definition) is 1. The number of halogens is 1. The van der Waals surface area contributed by atoms with Crippen molar-refractivity contribution in [1.29, 1.82) is 0 Å². The third kappa shape index (κ3) is 5.43. The molecule has 1 aromatic rings. The quantitative estimate of drug-likeness (QED) is 0.798. The zero-order chi connectivity index (χ0) is 21.1. The molecule has 2 aliphatic rings. The first-order chi connectivity index (χ1) is 13.7. The second kappa shape index (κ2) is 8.92. The number of nitrogens with one attached hydrogen (secondary N) is 1. The average molecular weight is 423 g/mol. The lowest BCUT2D eigenvalue weighted by Gasteiger charge is -2.38. The minimum Gasteiger partial charge on any atom is -0.444 e. The van der Waals surface area contributed by atoms with Gasteiger partial charge in [0.2, 0.25) is 5.91 Å². The summed E-state index contributed by atoms with van der Waals surface area (Å²) < 4.78 is 11.0. The SMILES string of the molecule is CC(C)(C)OC(=O)N1CCCC1C(=O)NCC1(c2cccc(Cl)c2)CCOCC1. The lowest BCUT2D eigenvalue weighted by atomic mass is 9.74. The molecule has 0 aromatic heterocycles. The molecular formula is C22H31ClN2O4. The van der Waals surface area contributed by atoms with Gasteiger partial charge in [0.05, 0.1) is 0 Å². The Morgan fingerprint density at radius 3 is 2.69 bits per heavy atom. The fourth-order valence-electron chi connectivity index (χ4n) is 4.10. The number of amides is 2. The molecule has 1 unspecified atom stereocenters. The highest BCUT2D eigenvalue weighted by Gasteiger charge is 2.39. The van der Waals surface area contributed by atoms with Crippen molar-refractivity contribution in [2.24, 2.45) is 0 Å². The van der Waals surface area contributed by atoms with Crippen LogP contribution in [0.3, 0.4) is 0 Å². The first-order valence-electron chi connectivity index (χ1n) is 10.3. The first kappa shape index (κ1) is 21.9. The Balaban J connectivity index is 1.69. The molecule has 0 aliphatic carbocycles. The van der Waals surface area contributed by atoms with Crippen LogP contribution >= 0.6 is 11.6 Å². The largest absolute Gasteiger partial charge is 0.444 e. The molecule has 6 nitrogen and oxygen atoms in total. The van der Waals surface area contributed by atoms with Crippen LogP contribution in [0.5, 0.6) is 0 Å². The second-order valence-electron chi connectivity index (χ2n) is 8.95. The third-order valence-corrected chi connectivity index (χ3v) is 5.91. The van der Waals surface area contributed by atoms with E-state index in [1.807, 2.05) is 39.0 Å². The van der Waals surface area contributed by atoms with Crippen LogP contribution in [-0.2, 0) is 19.7 Å². The van der Waals surface area contributed by atoms with Gasteiger partial charge in [0, 0.05) is 36.7 Å². The van der Waals surface area contributed by atoms with E-state index in [1.165, 1.54) is 0 Å². The summed E-state index contributed by atoms with van der Waals surface area (Å²) in [6.45, 7) is 7.82. The predicted octanol–water partition coefficient (Wildman–Crippen LogP) is 3.90. The van der Waals surface area contributed by atoms with Crippen LogP contribution in [0.4, 0.5) is 4.79 Å². The summed E-state index contributed by atoms with van der Waals surface area (Å²) in [4.78, 5) is 27.0. The molecule has 2 amide bonds. The molecule has 29 heavy (non-hydrogen) atoms. The van der Waals surface area contributed by atoms with E-state index in [0.717, 1.165) is 24.8 Å². The van der Waals surface area contributed by atoms with Crippen LogP contribution < -0.4 is 5.32 Å². The van der Waals surface area contributed by atoms with Gasteiger partial charge in [-0.2, -0.15) is 0 Å². The van der Waals surface area contributed by atoms with Crippen LogP contribution in [0.15, 0.2) is 24.3 Å². The summed E-state index contributed by atoms with van der Waals surface area (Å²) in [5.41, 5.74) is 0.317. The van der Waals surface area contributed by atoms with Gasteiger partial charge < -0.3 is 14.8 Å². The van der Waals surface area contributed by atoms with E-state index in [0.29, 0.717) is 37.7 Å². The molecule has 1 atom stereocenters. The van der Waals surface area contributed by atoms with E-state index in [1.54, 1.807) is 4.90 Å². The highest BCUT2D eigenvalue weighted by atomic mass is 35.5. The number of carbonyl (C=O) groups is 2. The topological polar surface area (TPSA) is 67.9 Å². The Morgan fingerprint density at radius 2 is 2.03 bits per heavy atom. The Bertz CT molecular complexity index is 741. The average Bonchev–Trinajstić information content (AvgIpc) is 3.16. The Labute approximate surface area is 177 Å². The van der Waals surface area contributed by atoms with Crippen molar-refractivity contribution in [2.75, 3.05) is 26.3 Å². The molecule has 1 aromatic carbocycles. The van der Waals surface area contributed by atoms with Gasteiger partial charge in [-0.3, -0.25) is 9.69 Å². The fraction of sp³-hybridized carbons (Fsp3) is 0.636. The molecule has 7 heteroatoms. The lowest BCUT2D eigenvalue weighted by Crippen LogP contribution is -2.51. The monoisotopic (exact) mass is 422 g/mol. The van der Waals surface area contributed by atoms with Gasteiger partial charge in [0.15, 0.2) is 0 Å². The molecule has 2 aliphatic heterocycles. The summed E-state index contributed by atoms with van der Waals surface area (Å²) in [6, 6.07) is 7.35.